The Morgan fingerprint density at radius 1 is 1.04 bits per heavy atom. The van der Waals surface area contributed by atoms with Crippen LogP contribution in [0.3, 0.4) is 0 Å². The third kappa shape index (κ3) is 5.70. The Morgan fingerprint density at radius 2 is 1.67 bits per heavy atom. The molecule has 0 radical (unpaired) electrons. The van der Waals surface area contributed by atoms with E-state index in [-0.39, 0.29) is 11.9 Å². The van der Waals surface area contributed by atoms with Crippen LogP contribution in [0.4, 0.5) is 5.69 Å². The van der Waals surface area contributed by atoms with Gasteiger partial charge in [0.25, 0.3) is 5.91 Å². The Bertz CT molecular complexity index is 626. The zero-order chi connectivity index (χ0) is 17.4. The van der Waals surface area contributed by atoms with E-state index in [2.05, 4.69) is 24.5 Å². The molecule has 3 N–H and O–H groups in total. The molecule has 0 aromatic heterocycles. The van der Waals surface area contributed by atoms with Gasteiger partial charge in [-0.25, -0.2) is 0 Å². The SMILES string of the molecule is CCC[C@H](C)[NH2+][C@@H](C)C(=O)Nc1ccc(Oc2ccccc2)cc1. The van der Waals surface area contributed by atoms with Crippen LogP contribution in [0.25, 0.3) is 0 Å². The smallest absolute Gasteiger partial charge is 0.282 e. The van der Waals surface area contributed by atoms with Crippen molar-refractivity contribution >= 4 is 11.6 Å². The average molecular weight is 327 g/mol. The zero-order valence-corrected chi connectivity index (χ0v) is 14.7. The highest BCUT2D eigenvalue weighted by molar-refractivity contribution is 5.93. The van der Waals surface area contributed by atoms with Crippen LogP contribution >= 0.6 is 0 Å². The number of para-hydroxylation sites is 1. The van der Waals surface area contributed by atoms with Crippen molar-refractivity contribution in [1.82, 2.24) is 0 Å². The van der Waals surface area contributed by atoms with Crippen LogP contribution in [0.2, 0.25) is 0 Å². The van der Waals surface area contributed by atoms with Crippen LogP contribution in [-0.4, -0.2) is 18.0 Å². The second-order valence-corrected chi connectivity index (χ2v) is 6.18. The molecular weight excluding hydrogens is 300 g/mol. The lowest BCUT2D eigenvalue weighted by molar-refractivity contribution is -0.703. The quantitative estimate of drug-likeness (QED) is 0.779. The number of nitrogens with two attached hydrogens (primary N) is 1. The molecule has 1 amide bonds. The van der Waals surface area contributed by atoms with E-state index >= 15 is 0 Å². The first-order valence-corrected chi connectivity index (χ1v) is 8.57. The molecule has 0 aliphatic rings. The molecule has 2 aromatic carbocycles. The van der Waals surface area contributed by atoms with Crippen molar-refractivity contribution in [3.8, 4) is 11.5 Å². The summed E-state index contributed by atoms with van der Waals surface area (Å²) in [7, 11) is 0. The second-order valence-electron chi connectivity index (χ2n) is 6.18. The fraction of sp³-hybridized carbons (Fsp3) is 0.350. The Morgan fingerprint density at radius 3 is 2.29 bits per heavy atom. The van der Waals surface area contributed by atoms with Gasteiger partial charge in [-0.1, -0.05) is 31.5 Å². The van der Waals surface area contributed by atoms with Gasteiger partial charge in [-0.15, -0.1) is 0 Å². The lowest BCUT2D eigenvalue weighted by Crippen LogP contribution is -2.95. The van der Waals surface area contributed by atoms with Crippen LogP contribution in [0, 0.1) is 0 Å². The highest BCUT2D eigenvalue weighted by Crippen LogP contribution is 2.22. The Hall–Kier alpha value is -2.33. The topological polar surface area (TPSA) is 54.9 Å². The highest BCUT2D eigenvalue weighted by Gasteiger charge is 2.18. The molecule has 24 heavy (non-hydrogen) atoms. The van der Waals surface area contributed by atoms with Gasteiger partial charge in [-0.05, 0) is 56.7 Å². The van der Waals surface area contributed by atoms with Gasteiger partial charge in [-0.3, -0.25) is 4.79 Å². The summed E-state index contributed by atoms with van der Waals surface area (Å²) in [6.07, 6.45) is 2.25. The van der Waals surface area contributed by atoms with Crippen LogP contribution in [0.5, 0.6) is 11.5 Å². The Kier molecular flexibility index (Phi) is 6.82. The third-order valence-corrected chi connectivity index (χ3v) is 3.88. The van der Waals surface area contributed by atoms with Crippen LogP contribution in [0.1, 0.15) is 33.6 Å². The summed E-state index contributed by atoms with van der Waals surface area (Å²) >= 11 is 0. The van der Waals surface area contributed by atoms with Crippen LogP contribution in [0.15, 0.2) is 54.6 Å². The third-order valence-electron chi connectivity index (χ3n) is 3.88. The van der Waals surface area contributed by atoms with E-state index < -0.39 is 0 Å². The standard InChI is InChI=1S/C20H26N2O2/c1-4-8-15(2)21-16(3)20(23)22-17-11-13-19(14-12-17)24-18-9-6-5-7-10-18/h5-7,9-16,21H,4,8H2,1-3H3,(H,22,23)/p+1/t15-,16-/m0/s1. The van der Waals surface area contributed by atoms with E-state index in [4.69, 9.17) is 4.74 Å². The minimum Gasteiger partial charge on any atom is -0.457 e. The molecule has 0 saturated heterocycles. The summed E-state index contributed by atoms with van der Waals surface area (Å²) in [5.41, 5.74) is 0.781. The summed E-state index contributed by atoms with van der Waals surface area (Å²) in [4.78, 5) is 12.3. The summed E-state index contributed by atoms with van der Waals surface area (Å²) in [6.45, 7) is 6.26. The predicted molar refractivity (Wildman–Crippen MR) is 97.3 cm³/mol. The van der Waals surface area contributed by atoms with Crippen molar-refractivity contribution in [3.63, 3.8) is 0 Å². The fourth-order valence-corrected chi connectivity index (χ4v) is 2.62. The first-order chi connectivity index (χ1) is 11.6. The van der Waals surface area contributed by atoms with E-state index in [9.17, 15) is 4.79 Å². The molecule has 0 aliphatic heterocycles. The van der Waals surface area contributed by atoms with Crippen molar-refractivity contribution in [2.24, 2.45) is 0 Å². The largest absolute Gasteiger partial charge is 0.457 e. The number of quaternary nitrogens is 1. The number of amides is 1. The second kappa shape index (κ2) is 9.08. The van der Waals surface area contributed by atoms with Gasteiger partial charge in [0.2, 0.25) is 0 Å². The summed E-state index contributed by atoms with van der Waals surface area (Å²) in [6, 6.07) is 17.4. The van der Waals surface area contributed by atoms with Gasteiger partial charge < -0.3 is 15.4 Å². The predicted octanol–water partition coefficient (Wildman–Crippen LogP) is 3.56. The van der Waals surface area contributed by atoms with Crippen molar-refractivity contribution in [2.75, 3.05) is 5.32 Å². The number of ether oxygens (including phenoxy) is 1. The number of carbonyl (C=O) groups excluding carboxylic acids is 1. The molecule has 0 fully saturated rings. The van der Waals surface area contributed by atoms with E-state index in [0.717, 1.165) is 30.0 Å². The van der Waals surface area contributed by atoms with E-state index in [0.29, 0.717) is 6.04 Å². The van der Waals surface area contributed by atoms with Crippen molar-refractivity contribution < 1.29 is 14.8 Å². The normalized spacial score (nSPS) is 13.1. The number of carbonyl (C=O) groups is 1. The molecule has 2 rings (SSSR count). The van der Waals surface area contributed by atoms with Crippen LogP contribution in [-0.2, 0) is 4.79 Å². The summed E-state index contributed by atoms with van der Waals surface area (Å²) < 4.78 is 5.75. The summed E-state index contributed by atoms with van der Waals surface area (Å²) in [5, 5.41) is 5.07. The molecule has 0 saturated carbocycles. The van der Waals surface area contributed by atoms with E-state index in [1.54, 1.807) is 0 Å². The highest BCUT2D eigenvalue weighted by atomic mass is 16.5. The van der Waals surface area contributed by atoms with E-state index in [1.165, 1.54) is 0 Å². The van der Waals surface area contributed by atoms with Crippen LogP contribution < -0.4 is 15.4 Å². The number of hydrogen-bond acceptors (Lipinski definition) is 2. The number of nitrogens with one attached hydrogen (secondary N) is 1. The minimum absolute atomic E-state index is 0.0229. The first-order valence-electron chi connectivity index (χ1n) is 8.57. The first kappa shape index (κ1) is 18.0. The van der Waals surface area contributed by atoms with Gasteiger partial charge >= 0.3 is 0 Å². The fourth-order valence-electron chi connectivity index (χ4n) is 2.62. The average Bonchev–Trinajstić information content (AvgIpc) is 2.57. The maximum atomic E-state index is 12.3. The lowest BCUT2D eigenvalue weighted by Gasteiger charge is -2.16. The van der Waals surface area contributed by atoms with Gasteiger partial charge in [0.1, 0.15) is 11.5 Å². The molecular formula is C20H27N2O2+. The maximum Gasteiger partial charge on any atom is 0.282 e. The van der Waals surface area contributed by atoms with Gasteiger partial charge in [0.15, 0.2) is 6.04 Å². The minimum atomic E-state index is -0.105. The van der Waals surface area contributed by atoms with Gasteiger partial charge in [0.05, 0.1) is 6.04 Å². The molecule has 2 aromatic rings. The molecule has 0 aliphatic carbocycles. The van der Waals surface area contributed by atoms with Crippen molar-refractivity contribution in [2.45, 2.75) is 45.7 Å². The molecule has 4 heteroatoms. The number of anilines is 1. The Balaban J connectivity index is 1.88. The molecule has 4 nitrogen and oxygen atoms in total. The van der Waals surface area contributed by atoms with Crippen molar-refractivity contribution in [3.05, 3.63) is 54.6 Å². The van der Waals surface area contributed by atoms with Gasteiger partial charge in [-0.2, -0.15) is 0 Å². The number of benzene rings is 2. The molecule has 0 heterocycles. The lowest BCUT2D eigenvalue weighted by atomic mass is 10.1. The number of hydrogen-bond donors (Lipinski definition) is 2. The van der Waals surface area contributed by atoms with Gasteiger partial charge in [0, 0.05) is 5.69 Å². The van der Waals surface area contributed by atoms with E-state index in [1.807, 2.05) is 61.5 Å². The zero-order valence-electron chi connectivity index (χ0n) is 14.7. The number of rotatable bonds is 8. The Labute approximate surface area is 144 Å². The molecule has 0 unspecified atom stereocenters. The molecule has 0 spiro atoms. The molecule has 2 atom stereocenters. The molecule has 0 bridgehead atoms. The molecule has 128 valence electrons. The van der Waals surface area contributed by atoms with Crippen molar-refractivity contribution in [1.29, 1.82) is 0 Å². The maximum absolute atomic E-state index is 12.3. The monoisotopic (exact) mass is 327 g/mol. The summed E-state index contributed by atoms with van der Waals surface area (Å²) in [5.74, 6) is 1.56.